The molecule has 9 nitrogen and oxygen atoms in total. The van der Waals surface area contributed by atoms with Gasteiger partial charge in [-0.1, -0.05) is 344 Å². The number of aliphatic carboxylic acids is 1. The van der Waals surface area contributed by atoms with Crippen LogP contribution in [0.3, 0.4) is 0 Å². The third-order valence-corrected chi connectivity index (χ3v) is 16.6. The number of hydrogen-bond donors (Lipinski definition) is 0. The van der Waals surface area contributed by atoms with Crippen LogP contribution in [0.4, 0.5) is 0 Å². The fourth-order valence-electron chi connectivity index (χ4n) is 10.7. The topological polar surface area (TPSA) is 111 Å². The average molecular weight is 1370 g/mol. The normalized spacial score (nSPS) is 13.7. The molecule has 0 aliphatic carbocycles. The molecule has 0 fully saturated rings. The number of quaternary nitrogens is 1. The summed E-state index contributed by atoms with van der Waals surface area (Å²) in [7, 11) is 5.93. The quantitative estimate of drug-likeness (QED) is 0.0195. The molecule has 0 spiro atoms. The lowest BCUT2D eigenvalue weighted by Crippen LogP contribution is -2.44. The molecule has 560 valence electrons. The lowest BCUT2D eigenvalue weighted by atomic mass is 10.0. The Bertz CT molecular complexity index is 2290. The summed E-state index contributed by atoms with van der Waals surface area (Å²) in [6.45, 7) is 4.52. The summed E-state index contributed by atoms with van der Waals surface area (Å²) in [6.07, 6.45) is 116. The van der Waals surface area contributed by atoms with E-state index in [4.69, 9.17) is 18.9 Å². The standard InChI is InChI=1S/C90H147NO8/c1-6-8-10-12-14-16-18-20-22-24-26-28-30-32-34-36-38-40-42-43-44-45-47-49-51-53-55-57-59-61-63-65-67-69-71-73-75-77-79-81-88(93)99-86(85-98-90(89(94)95)96-83-82-91(3,4)5)84-97-87(92)80-78-76-74-72-70-68-66-64-62-60-58-56-54-52-50-48-46-41-39-37-35-33-31-29-27-25-23-21-19-17-15-13-11-9-7-2/h8-11,14-17,20-23,26-29,32-35,38,40,43-44,47,49,53,55,59,61,86,90H,6-7,12-13,18-19,24-25,30-31,36-37,39,41-42,45-46,48,50-52,54,56-58,60,62-85H2,1-5H3/b10-8-,11-9-,16-14-,17-15-,22-20-,23-21-,28-26-,29-27-,34-32-,35-33-,40-38-,44-43-,49-47-,55-53-,61-59-. The zero-order chi connectivity index (χ0) is 71.8. The van der Waals surface area contributed by atoms with E-state index in [0.29, 0.717) is 17.4 Å². The van der Waals surface area contributed by atoms with Crippen molar-refractivity contribution in [2.75, 3.05) is 47.5 Å². The van der Waals surface area contributed by atoms with Crippen molar-refractivity contribution in [3.8, 4) is 0 Å². The van der Waals surface area contributed by atoms with Gasteiger partial charge < -0.3 is 33.3 Å². The number of likely N-dealkylation sites (N-methyl/N-ethyl adjacent to an activating group) is 1. The number of rotatable bonds is 72. The van der Waals surface area contributed by atoms with Crippen LogP contribution in [-0.4, -0.2) is 82.3 Å². The number of carboxylic acids is 1. The van der Waals surface area contributed by atoms with Gasteiger partial charge in [-0.05, 0) is 135 Å². The van der Waals surface area contributed by atoms with Crippen LogP contribution in [0.25, 0.3) is 0 Å². The van der Waals surface area contributed by atoms with Gasteiger partial charge in [0.2, 0.25) is 0 Å². The van der Waals surface area contributed by atoms with Crippen LogP contribution in [0.5, 0.6) is 0 Å². The Labute approximate surface area is 609 Å². The predicted octanol–water partition coefficient (Wildman–Crippen LogP) is 24.6. The van der Waals surface area contributed by atoms with Crippen LogP contribution in [0, 0.1) is 0 Å². The average Bonchev–Trinajstić information content (AvgIpc) is 1.14. The van der Waals surface area contributed by atoms with Gasteiger partial charge in [-0.25, -0.2) is 0 Å². The van der Waals surface area contributed by atoms with Crippen LogP contribution in [-0.2, 0) is 33.3 Å². The molecule has 0 bridgehead atoms. The van der Waals surface area contributed by atoms with Crippen molar-refractivity contribution in [1.29, 1.82) is 0 Å². The Morgan fingerprint density at radius 1 is 0.303 bits per heavy atom. The maximum atomic E-state index is 13.0. The molecular formula is C90H147NO8. The van der Waals surface area contributed by atoms with Crippen LogP contribution < -0.4 is 5.11 Å². The first kappa shape index (κ1) is 93.4. The summed E-state index contributed by atoms with van der Waals surface area (Å²) in [6, 6.07) is 0. The lowest BCUT2D eigenvalue weighted by Gasteiger charge is -2.26. The van der Waals surface area contributed by atoms with E-state index in [9.17, 15) is 19.5 Å². The van der Waals surface area contributed by atoms with Crippen LogP contribution >= 0.6 is 0 Å². The first-order chi connectivity index (χ1) is 48.6. The Balaban J connectivity index is 4.11. The van der Waals surface area contributed by atoms with Crippen molar-refractivity contribution in [1.82, 2.24) is 0 Å². The molecule has 0 aliphatic rings. The highest BCUT2D eigenvalue weighted by Crippen LogP contribution is 2.17. The minimum atomic E-state index is -1.63. The molecule has 0 aromatic carbocycles. The van der Waals surface area contributed by atoms with Crippen molar-refractivity contribution in [2.24, 2.45) is 0 Å². The molecule has 2 unspecified atom stereocenters. The van der Waals surface area contributed by atoms with Crippen molar-refractivity contribution in [3.05, 3.63) is 182 Å². The number of nitrogens with zero attached hydrogens (tertiary/aromatic N) is 1. The molecule has 0 aromatic rings. The third-order valence-electron chi connectivity index (χ3n) is 16.6. The van der Waals surface area contributed by atoms with Crippen molar-refractivity contribution in [2.45, 2.75) is 322 Å². The molecule has 0 saturated heterocycles. The molecule has 9 heteroatoms. The maximum absolute atomic E-state index is 13.0. The largest absolute Gasteiger partial charge is 0.545 e. The van der Waals surface area contributed by atoms with E-state index in [-0.39, 0.29) is 38.6 Å². The number of esters is 2. The number of hydrogen-bond acceptors (Lipinski definition) is 8. The number of unbranched alkanes of at least 4 members (excludes halogenated alkanes) is 27. The smallest absolute Gasteiger partial charge is 0.306 e. The highest BCUT2D eigenvalue weighted by molar-refractivity contribution is 5.70. The van der Waals surface area contributed by atoms with Gasteiger partial charge >= 0.3 is 11.9 Å². The molecular weight excluding hydrogens is 1220 g/mol. The first-order valence-electron chi connectivity index (χ1n) is 39.9. The lowest BCUT2D eigenvalue weighted by molar-refractivity contribution is -0.870. The van der Waals surface area contributed by atoms with Gasteiger partial charge in [0, 0.05) is 12.8 Å². The number of carbonyl (C=O) groups is 3. The van der Waals surface area contributed by atoms with E-state index in [2.05, 4.69) is 196 Å². The summed E-state index contributed by atoms with van der Waals surface area (Å²) in [4.78, 5) is 37.6. The second-order valence-electron chi connectivity index (χ2n) is 27.2. The SMILES string of the molecule is CC/C=C\C/C=C\C/C=C\C/C=C\C/C=C\C/C=C\C/C=C\C/C=C\C/C=C\C/C=C\CCCCCCCCCCC(=O)OC(COC(=O)CCCCCCCCCCCCCCCCCCCCC/C=C\C/C=C\C/C=C\C/C=C\C/C=C\CC)COC(OCC[N+](C)(C)C)C(=O)[O-]. The fraction of sp³-hybridized carbons (Fsp3) is 0.633. The van der Waals surface area contributed by atoms with E-state index >= 15 is 0 Å². The van der Waals surface area contributed by atoms with Crippen molar-refractivity contribution >= 4 is 17.9 Å². The molecule has 0 aliphatic heterocycles. The Morgan fingerprint density at radius 2 is 0.545 bits per heavy atom. The van der Waals surface area contributed by atoms with E-state index < -0.39 is 24.3 Å². The minimum absolute atomic E-state index is 0.139. The molecule has 0 radical (unpaired) electrons. The minimum Gasteiger partial charge on any atom is -0.545 e. The second-order valence-corrected chi connectivity index (χ2v) is 27.2. The van der Waals surface area contributed by atoms with Gasteiger partial charge in [0.15, 0.2) is 12.4 Å². The number of ether oxygens (including phenoxy) is 4. The number of carbonyl (C=O) groups excluding carboxylic acids is 3. The number of carboxylic acid groups (broad SMARTS) is 1. The van der Waals surface area contributed by atoms with E-state index in [0.717, 1.165) is 141 Å². The first-order valence-corrected chi connectivity index (χ1v) is 39.9. The summed E-state index contributed by atoms with van der Waals surface area (Å²) in [5.74, 6) is -2.30. The highest BCUT2D eigenvalue weighted by Gasteiger charge is 2.22. The van der Waals surface area contributed by atoms with Gasteiger partial charge in [-0.15, -0.1) is 0 Å². The number of allylic oxidation sites excluding steroid dienone is 30. The van der Waals surface area contributed by atoms with Crippen molar-refractivity contribution in [3.63, 3.8) is 0 Å². The van der Waals surface area contributed by atoms with Gasteiger partial charge in [0.25, 0.3) is 0 Å². The molecule has 0 aromatic heterocycles. The van der Waals surface area contributed by atoms with Gasteiger partial charge in [-0.3, -0.25) is 9.59 Å². The predicted molar refractivity (Wildman–Crippen MR) is 425 cm³/mol. The molecule has 0 rings (SSSR count). The molecule has 0 amide bonds. The molecule has 0 heterocycles. The highest BCUT2D eigenvalue weighted by atomic mass is 16.7. The summed E-state index contributed by atoms with van der Waals surface area (Å²) < 4.78 is 22.8. The maximum Gasteiger partial charge on any atom is 0.306 e. The van der Waals surface area contributed by atoms with E-state index in [1.165, 1.54) is 135 Å². The second kappa shape index (κ2) is 78.1. The molecule has 2 atom stereocenters. The van der Waals surface area contributed by atoms with Gasteiger partial charge in [-0.2, -0.15) is 0 Å². The Kier molecular flexibility index (Phi) is 73.7. The van der Waals surface area contributed by atoms with Gasteiger partial charge in [0.05, 0.1) is 40.3 Å². The van der Waals surface area contributed by atoms with Crippen molar-refractivity contribution < 1.29 is 42.9 Å². The van der Waals surface area contributed by atoms with E-state index in [1.807, 2.05) is 21.1 Å². The Hall–Kier alpha value is -5.61. The summed E-state index contributed by atoms with van der Waals surface area (Å²) in [5.41, 5.74) is 0. The summed E-state index contributed by atoms with van der Waals surface area (Å²) in [5, 5.41) is 11.9. The molecule has 0 N–H and O–H groups in total. The van der Waals surface area contributed by atoms with Crippen LogP contribution in [0.1, 0.15) is 309 Å². The fourth-order valence-corrected chi connectivity index (χ4v) is 10.7. The third kappa shape index (κ3) is 79.6. The van der Waals surface area contributed by atoms with Crippen LogP contribution in [0.2, 0.25) is 0 Å². The monoisotopic (exact) mass is 1370 g/mol. The van der Waals surface area contributed by atoms with E-state index in [1.54, 1.807) is 0 Å². The van der Waals surface area contributed by atoms with Gasteiger partial charge in [0.1, 0.15) is 13.2 Å². The zero-order valence-electron chi connectivity index (χ0n) is 64.0. The Morgan fingerprint density at radius 3 is 0.808 bits per heavy atom. The van der Waals surface area contributed by atoms with Crippen LogP contribution in [0.15, 0.2) is 182 Å². The summed E-state index contributed by atoms with van der Waals surface area (Å²) >= 11 is 0. The molecule has 99 heavy (non-hydrogen) atoms. The zero-order valence-corrected chi connectivity index (χ0v) is 64.0. The molecule has 0 saturated carbocycles.